The summed E-state index contributed by atoms with van der Waals surface area (Å²) < 4.78 is 0. The van der Waals surface area contributed by atoms with Crippen molar-refractivity contribution in [2.45, 2.75) is 32.0 Å². The van der Waals surface area contributed by atoms with Crippen LogP contribution in [0.15, 0.2) is 24.3 Å². The molecule has 0 aliphatic heterocycles. The molecule has 0 saturated heterocycles. The number of carboxylic acid groups (broad SMARTS) is 1. The van der Waals surface area contributed by atoms with Crippen LogP contribution in [0.25, 0.3) is 0 Å². The Morgan fingerprint density at radius 3 is 2.43 bits per heavy atom. The van der Waals surface area contributed by atoms with Gasteiger partial charge in [-0.3, -0.25) is 14.4 Å². The second-order valence-electron chi connectivity index (χ2n) is 4.96. The fourth-order valence-corrected chi connectivity index (χ4v) is 1.64. The Kier molecular flexibility index (Phi) is 6.70. The van der Waals surface area contributed by atoms with Crippen LogP contribution in [-0.4, -0.2) is 35.0 Å². The SMILES string of the molecule is CC(NC(=O)C(N)CC(=O)NCc1ccc(C#N)cc1)C(=O)O. The number of benzene rings is 1. The highest BCUT2D eigenvalue weighted by Gasteiger charge is 2.21. The quantitative estimate of drug-likeness (QED) is 0.532. The fourth-order valence-electron chi connectivity index (χ4n) is 1.64. The summed E-state index contributed by atoms with van der Waals surface area (Å²) in [6.45, 7) is 1.54. The lowest BCUT2D eigenvalue weighted by molar-refractivity contribution is -0.141. The maximum atomic E-state index is 11.7. The van der Waals surface area contributed by atoms with Crippen molar-refractivity contribution in [1.82, 2.24) is 10.6 Å². The normalized spacial score (nSPS) is 12.6. The topological polar surface area (TPSA) is 145 Å². The molecule has 1 rings (SSSR count). The van der Waals surface area contributed by atoms with Gasteiger partial charge in [-0.05, 0) is 24.6 Å². The first-order valence-corrected chi connectivity index (χ1v) is 6.88. The van der Waals surface area contributed by atoms with E-state index < -0.39 is 29.9 Å². The largest absolute Gasteiger partial charge is 0.480 e. The minimum atomic E-state index is -1.18. The molecule has 2 amide bonds. The smallest absolute Gasteiger partial charge is 0.325 e. The third kappa shape index (κ3) is 6.15. The number of nitrogens with two attached hydrogens (primary N) is 1. The lowest BCUT2D eigenvalue weighted by atomic mass is 10.1. The van der Waals surface area contributed by atoms with Gasteiger partial charge in [-0.25, -0.2) is 0 Å². The molecule has 0 aliphatic carbocycles. The molecule has 0 fully saturated rings. The zero-order valence-corrected chi connectivity index (χ0v) is 12.6. The van der Waals surface area contributed by atoms with Crippen molar-refractivity contribution in [2.75, 3.05) is 0 Å². The number of nitriles is 1. The number of carboxylic acids is 1. The third-order valence-electron chi connectivity index (χ3n) is 3.04. The first-order chi connectivity index (χ1) is 10.8. The summed E-state index contributed by atoms with van der Waals surface area (Å²) >= 11 is 0. The van der Waals surface area contributed by atoms with E-state index in [1.807, 2.05) is 6.07 Å². The van der Waals surface area contributed by atoms with Gasteiger partial charge in [-0.2, -0.15) is 5.26 Å². The first kappa shape index (κ1) is 18.1. The van der Waals surface area contributed by atoms with Crippen LogP contribution in [0.3, 0.4) is 0 Å². The number of amides is 2. The van der Waals surface area contributed by atoms with Crippen molar-refractivity contribution in [3.8, 4) is 6.07 Å². The summed E-state index contributed by atoms with van der Waals surface area (Å²) in [7, 11) is 0. The van der Waals surface area contributed by atoms with Crippen molar-refractivity contribution in [2.24, 2.45) is 5.73 Å². The fraction of sp³-hybridized carbons (Fsp3) is 0.333. The Balaban J connectivity index is 2.41. The van der Waals surface area contributed by atoms with Crippen LogP contribution in [0.2, 0.25) is 0 Å². The molecule has 2 atom stereocenters. The van der Waals surface area contributed by atoms with Gasteiger partial charge in [0.15, 0.2) is 0 Å². The molecule has 1 aromatic rings. The van der Waals surface area contributed by atoms with E-state index in [-0.39, 0.29) is 13.0 Å². The second kappa shape index (κ2) is 8.51. The van der Waals surface area contributed by atoms with Crippen molar-refractivity contribution in [3.05, 3.63) is 35.4 Å². The number of nitrogens with zero attached hydrogens (tertiary/aromatic N) is 1. The van der Waals surface area contributed by atoms with Crippen LogP contribution in [0.1, 0.15) is 24.5 Å². The van der Waals surface area contributed by atoms with E-state index >= 15 is 0 Å². The molecule has 0 spiro atoms. The van der Waals surface area contributed by atoms with Crippen LogP contribution in [-0.2, 0) is 20.9 Å². The number of carbonyl (C=O) groups excluding carboxylic acids is 2. The van der Waals surface area contributed by atoms with Crippen LogP contribution < -0.4 is 16.4 Å². The number of aliphatic carboxylic acids is 1. The molecule has 0 radical (unpaired) electrons. The number of hydrogen-bond donors (Lipinski definition) is 4. The molecule has 8 heteroatoms. The Labute approximate surface area is 133 Å². The summed E-state index contributed by atoms with van der Waals surface area (Å²) in [6, 6.07) is 6.47. The van der Waals surface area contributed by atoms with Crippen molar-refractivity contribution in [1.29, 1.82) is 5.26 Å². The zero-order valence-electron chi connectivity index (χ0n) is 12.6. The van der Waals surface area contributed by atoms with Gasteiger partial charge in [-0.1, -0.05) is 12.1 Å². The highest BCUT2D eigenvalue weighted by atomic mass is 16.4. The summed E-state index contributed by atoms with van der Waals surface area (Å²) in [5, 5.41) is 22.2. The predicted molar refractivity (Wildman–Crippen MR) is 80.8 cm³/mol. The van der Waals surface area contributed by atoms with Gasteiger partial charge in [0.25, 0.3) is 0 Å². The van der Waals surface area contributed by atoms with Crippen LogP contribution >= 0.6 is 0 Å². The van der Waals surface area contributed by atoms with E-state index in [0.717, 1.165) is 5.56 Å². The van der Waals surface area contributed by atoms with E-state index in [2.05, 4.69) is 10.6 Å². The summed E-state index contributed by atoms with van der Waals surface area (Å²) in [5.74, 6) is -2.32. The molecule has 23 heavy (non-hydrogen) atoms. The van der Waals surface area contributed by atoms with E-state index in [4.69, 9.17) is 16.1 Å². The molecule has 8 nitrogen and oxygen atoms in total. The van der Waals surface area contributed by atoms with E-state index in [1.54, 1.807) is 24.3 Å². The van der Waals surface area contributed by atoms with E-state index in [0.29, 0.717) is 5.56 Å². The van der Waals surface area contributed by atoms with Gasteiger partial charge in [0.1, 0.15) is 6.04 Å². The molecular weight excluding hydrogens is 300 g/mol. The summed E-state index contributed by atoms with van der Waals surface area (Å²) in [5.41, 5.74) is 6.89. The van der Waals surface area contributed by atoms with Crippen molar-refractivity contribution >= 4 is 17.8 Å². The summed E-state index contributed by atoms with van der Waals surface area (Å²) in [4.78, 5) is 34.0. The third-order valence-corrected chi connectivity index (χ3v) is 3.04. The molecule has 0 aromatic heterocycles. The lowest BCUT2D eigenvalue weighted by Gasteiger charge is -2.14. The Morgan fingerprint density at radius 1 is 1.30 bits per heavy atom. The molecular formula is C15H18N4O4. The minimum absolute atomic E-state index is 0.240. The lowest BCUT2D eigenvalue weighted by Crippen LogP contribution is -2.48. The maximum Gasteiger partial charge on any atom is 0.325 e. The molecule has 0 bridgehead atoms. The molecule has 2 unspecified atom stereocenters. The van der Waals surface area contributed by atoms with Gasteiger partial charge in [0.05, 0.1) is 24.1 Å². The summed E-state index contributed by atoms with van der Waals surface area (Å²) in [6.07, 6.45) is -0.256. The maximum absolute atomic E-state index is 11.7. The standard InChI is InChI=1S/C15H18N4O4/c1-9(15(22)23)19-14(21)12(17)6-13(20)18-8-11-4-2-10(7-16)3-5-11/h2-5,9,12H,6,8,17H2,1H3,(H,18,20)(H,19,21)(H,22,23). The molecule has 1 aromatic carbocycles. The molecule has 5 N–H and O–H groups in total. The molecule has 0 saturated carbocycles. The monoisotopic (exact) mass is 318 g/mol. The zero-order chi connectivity index (χ0) is 17.4. The number of rotatable bonds is 7. The molecule has 122 valence electrons. The Bertz CT molecular complexity index is 621. The van der Waals surface area contributed by atoms with Crippen LogP contribution in [0.4, 0.5) is 0 Å². The van der Waals surface area contributed by atoms with Crippen LogP contribution in [0, 0.1) is 11.3 Å². The van der Waals surface area contributed by atoms with Gasteiger partial charge in [0.2, 0.25) is 11.8 Å². The Morgan fingerprint density at radius 2 is 1.91 bits per heavy atom. The van der Waals surface area contributed by atoms with Crippen molar-refractivity contribution in [3.63, 3.8) is 0 Å². The highest BCUT2D eigenvalue weighted by Crippen LogP contribution is 2.03. The molecule has 0 heterocycles. The first-order valence-electron chi connectivity index (χ1n) is 6.88. The average Bonchev–Trinajstić information content (AvgIpc) is 2.53. The van der Waals surface area contributed by atoms with Crippen molar-refractivity contribution < 1.29 is 19.5 Å². The van der Waals surface area contributed by atoms with Gasteiger partial charge >= 0.3 is 5.97 Å². The van der Waals surface area contributed by atoms with Gasteiger partial charge in [0, 0.05) is 6.54 Å². The average molecular weight is 318 g/mol. The number of carbonyl (C=O) groups is 3. The minimum Gasteiger partial charge on any atom is -0.480 e. The second-order valence-corrected chi connectivity index (χ2v) is 4.96. The number of nitrogens with one attached hydrogen (secondary N) is 2. The predicted octanol–water partition coefficient (Wildman–Crippen LogP) is -0.519. The van der Waals surface area contributed by atoms with Crippen LogP contribution in [0.5, 0.6) is 0 Å². The van der Waals surface area contributed by atoms with E-state index in [9.17, 15) is 14.4 Å². The highest BCUT2D eigenvalue weighted by molar-refractivity contribution is 5.90. The van der Waals surface area contributed by atoms with E-state index in [1.165, 1.54) is 6.92 Å². The Hall–Kier alpha value is -2.92. The number of hydrogen-bond acceptors (Lipinski definition) is 5. The molecule has 0 aliphatic rings. The van der Waals surface area contributed by atoms with Gasteiger partial charge < -0.3 is 21.5 Å². The van der Waals surface area contributed by atoms with Gasteiger partial charge in [-0.15, -0.1) is 0 Å².